The van der Waals surface area contributed by atoms with Crippen molar-refractivity contribution in [2.24, 2.45) is 0 Å². The van der Waals surface area contributed by atoms with Gasteiger partial charge in [0.25, 0.3) is 5.56 Å². The second kappa shape index (κ2) is 9.80. The minimum atomic E-state index is -0.530. The Morgan fingerprint density at radius 1 is 1.57 bits per heavy atom. The zero-order valence-electron chi connectivity index (χ0n) is 11.7. The Kier molecular flexibility index (Phi) is 8.40. The Labute approximate surface area is 135 Å². The van der Waals surface area contributed by atoms with Crippen LogP contribution in [0.1, 0.15) is 6.42 Å². The number of esters is 1. The summed E-state index contributed by atoms with van der Waals surface area (Å²) >= 11 is 4.93. The zero-order chi connectivity index (χ0) is 15.7. The highest BCUT2D eigenvalue weighted by atomic mass is 79.9. The number of anilines is 1. The molecule has 21 heavy (non-hydrogen) atoms. The monoisotopic (exact) mass is 379 g/mol. The zero-order valence-corrected chi connectivity index (χ0v) is 14.1. The second-order valence-electron chi connectivity index (χ2n) is 4.03. The first-order valence-corrected chi connectivity index (χ1v) is 8.29. The number of nitrogens with zero attached hydrogens (tertiary/aromatic N) is 2. The molecule has 118 valence electrons. The van der Waals surface area contributed by atoms with Crippen LogP contribution in [0.15, 0.2) is 15.5 Å². The maximum Gasteiger partial charge on any atom is 0.327 e. The number of aromatic nitrogens is 2. The van der Waals surface area contributed by atoms with E-state index in [9.17, 15) is 9.59 Å². The Morgan fingerprint density at radius 3 is 3.00 bits per heavy atom. The normalized spacial score (nSPS) is 10.4. The maximum atomic E-state index is 12.0. The fourth-order valence-corrected chi connectivity index (χ4v) is 2.65. The first kappa shape index (κ1) is 18.0. The highest BCUT2D eigenvalue weighted by Gasteiger charge is 2.11. The molecule has 0 aliphatic carbocycles. The van der Waals surface area contributed by atoms with E-state index in [1.165, 1.54) is 13.3 Å². The summed E-state index contributed by atoms with van der Waals surface area (Å²) in [6, 6.07) is 0. The van der Waals surface area contributed by atoms with Crippen molar-refractivity contribution in [1.29, 1.82) is 0 Å². The number of rotatable bonds is 9. The Hall–Kier alpha value is -1.06. The molecule has 1 heterocycles. The molecule has 0 bridgehead atoms. The lowest BCUT2D eigenvalue weighted by Crippen LogP contribution is -2.28. The Bertz CT molecular complexity index is 524. The Balaban J connectivity index is 2.55. The average molecular weight is 380 g/mol. The fourth-order valence-electron chi connectivity index (χ4n) is 1.41. The lowest BCUT2D eigenvalue weighted by Gasteiger charge is -2.09. The third-order valence-electron chi connectivity index (χ3n) is 2.50. The number of ether oxygens (including phenoxy) is 1. The van der Waals surface area contributed by atoms with Gasteiger partial charge in [0, 0.05) is 18.9 Å². The summed E-state index contributed by atoms with van der Waals surface area (Å²) < 4.78 is 5.87. The molecule has 0 fully saturated rings. The molecule has 7 nitrogen and oxygen atoms in total. The van der Waals surface area contributed by atoms with Gasteiger partial charge < -0.3 is 15.2 Å². The van der Waals surface area contributed by atoms with E-state index < -0.39 is 11.5 Å². The summed E-state index contributed by atoms with van der Waals surface area (Å²) in [7, 11) is 1.26. The van der Waals surface area contributed by atoms with E-state index in [0.29, 0.717) is 16.7 Å². The van der Waals surface area contributed by atoms with E-state index in [1.54, 1.807) is 11.8 Å². The summed E-state index contributed by atoms with van der Waals surface area (Å²) in [6.45, 7) is 0.663. The van der Waals surface area contributed by atoms with Gasteiger partial charge in [0.1, 0.15) is 11.0 Å². The van der Waals surface area contributed by atoms with Crippen molar-refractivity contribution in [2.45, 2.75) is 13.0 Å². The summed E-state index contributed by atoms with van der Waals surface area (Å²) in [6.07, 6.45) is 2.27. The highest BCUT2D eigenvalue weighted by Crippen LogP contribution is 2.16. The van der Waals surface area contributed by atoms with Gasteiger partial charge in [-0.3, -0.25) is 9.59 Å². The van der Waals surface area contributed by atoms with E-state index in [1.807, 2.05) is 0 Å². The lowest BCUT2D eigenvalue weighted by atomic mass is 10.4. The number of halogens is 1. The van der Waals surface area contributed by atoms with Gasteiger partial charge in [0.15, 0.2) is 0 Å². The van der Waals surface area contributed by atoms with Crippen LogP contribution >= 0.6 is 27.7 Å². The molecule has 0 atom stereocenters. The first-order valence-electron chi connectivity index (χ1n) is 6.35. The number of thioether (sulfide) groups is 1. The molecular weight excluding hydrogens is 362 g/mol. The standard InChI is InChI=1S/C12H18BrN3O4S/c1-20-10(18)8-16-12(19)11(13)9(7-15-16)14-3-6-21-5-2-4-17/h7,14,17H,2-6,8H2,1H3. The van der Waals surface area contributed by atoms with Crippen LogP contribution in [0, 0.1) is 0 Å². The predicted molar refractivity (Wildman–Crippen MR) is 85.7 cm³/mol. The van der Waals surface area contributed by atoms with Crippen LogP contribution in [0.2, 0.25) is 0 Å². The molecule has 0 spiro atoms. The Morgan fingerprint density at radius 2 is 2.33 bits per heavy atom. The summed E-state index contributed by atoms with van der Waals surface area (Å²) in [5.41, 5.74) is 0.196. The van der Waals surface area contributed by atoms with Crippen LogP contribution < -0.4 is 10.9 Å². The van der Waals surface area contributed by atoms with E-state index in [4.69, 9.17) is 5.11 Å². The van der Waals surface area contributed by atoms with E-state index in [0.717, 1.165) is 22.6 Å². The van der Waals surface area contributed by atoms with Crippen molar-refractivity contribution in [3.05, 3.63) is 21.0 Å². The minimum Gasteiger partial charge on any atom is -0.468 e. The number of carbonyl (C=O) groups excluding carboxylic acids is 1. The van der Waals surface area contributed by atoms with Crippen LogP contribution in [-0.2, 0) is 16.1 Å². The van der Waals surface area contributed by atoms with Gasteiger partial charge in [0.05, 0.1) is 19.0 Å². The SMILES string of the molecule is COC(=O)Cn1ncc(NCCSCCCO)c(Br)c1=O. The van der Waals surface area contributed by atoms with Crippen molar-refractivity contribution in [1.82, 2.24) is 9.78 Å². The molecule has 0 amide bonds. The fraction of sp³-hybridized carbons (Fsp3) is 0.583. The molecule has 1 rings (SSSR count). The van der Waals surface area contributed by atoms with Crippen molar-refractivity contribution in [2.75, 3.05) is 37.1 Å². The molecule has 1 aromatic heterocycles. The largest absolute Gasteiger partial charge is 0.468 e. The highest BCUT2D eigenvalue weighted by molar-refractivity contribution is 9.10. The van der Waals surface area contributed by atoms with Gasteiger partial charge in [0.2, 0.25) is 0 Å². The molecule has 0 aromatic carbocycles. The molecule has 0 radical (unpaired) electrons. The molecule has 9 heteroatoms. The summed E-state index contributed by atoms with van der Waals surface area (Å²) in [4.78, 5) is 23.1. The third-order valence-corrected chi connectivity index (χ3v) is 4.34. The number of methoxy groups -OCH3 is 1. The van der Waals surface area contributed by atoms with Gasteiger partial charge in [-0.1, -0.05) is 0 Å². The van der Waals surface area contributed by atoms with Crippen molar-refractivity contribution in [3.8, 4) is 0 Å². The summed E-state index contributed by atoms with van der Waals surface area (Å²) in [5, 5.41) is 15.7. The van der Waals surface area contributed by atoms with Gasteiger partial charge in [-0.2, -0.15) is 16.9 Å². The van der Waals surface area contributed by atoms with Gasteiger partial charge in [-0.05, 0) is 28.1 Å². The van der Waals surface area contributed by atoms with Crippen LogP contribution in [0.4, 0.5) is 5.69 Å². The number of aliphatic hydroxyl groups excluding tert-OH is 1. The molecule has 0 aliphatic heterocycles. The van der Waals surface area contributed by atoms with Crippen molar-refractivity contribution >= 4 is 39.3 Å². The molecular formula is C12H18BrN3O4S. The molecule has 0 aliphatic rings. The molecule has 1 aromatic rings. The number of carbonyl (C=O) groups is 1. The smallest absolute Gasteiger partial charge is 0.327 e. The first-order chi connectivity index (χ1) is 10.1. The van der Waals surface area contributed by atoms with Crippen molar-refractivity contribution < 1.29 is 14.6 Å². The number of aliphatic hydroxyl groups is 1. The van der Waals surface area contributed by atoms with E-state index in [2.05, 4.69) is 31.1 Å². The van der Waals surface area contributed by atoms with Crippen LogP contribution in [0.25, 0.3) is 0 Å². The molecule has 2 N–H and O–H groups in total. The predicted octanol–water partition coefficient (Wildman–Crippen LogP) is 0.706. The topological polar surface area (TPSA) is 93.5 Å². The second-order valence-corrected chi connectivity index (χ2v) is 6.05. The lowest BCUT2D eigenvalue weighted by molar-refractivity contribution is -0.141. The third kappa shape index (κ3) is 6.06. The average Bonchev–Trinajstić information content (AvgIpc) is 2.49. The molecule has 0 saturated carbocycles. The van der Waals surface area contributed by atoms with E-state index >= 15 is 0 Å². The van der Waals surface area contributed by atoms with Gasteiger partial charge in [-0.15, -0.1) is 0 Å². The number of hydrogen-bond acceptors (Lipinski definition) is 7. The van der Waals surface area contributed by atoms with E-state index in [-0.39, 0.29) is 13.2 Å². The number of nitrogens with one attached hydrogen (secondary N) is 1. The van der Waals surface area contributed by atoms with Crippen LogP contribution in [-0.4, -0.2) is 52.6 Å². The quantitative estimate of drug-likeness (QED) is 0.481. The summed E-state index contributed by atoms with van der Waals surface area (Å²) in [5.74, 6) is 1.23. The van der Waals surface area contributed by atoms with Crippen molar-refractivity contribution in [3.63, 3.8) is 0 Å². The maximum absolute atomic E-state index is 12.0. The number of hydrogen-bond donors (Lipinski definition) is 2. The van der Waals surface area contributed by atoms with Crippen LogP contribution in [0.5, 0.6) is 0 Å². The van der Waals surface area contributed by atoms with Gasteiger partial charge in [-0.25, -0.2) is 4.68 Å². The van der Waals surface area contributed by atoms with Crippen LogP contribution in [0.3, 0.4) is 0 Å². The molecule has 0 unspecified atom stereocenters. The molecule has 0 saturated heterocycles. The van der Waals surface area contributed by atoms with Gasteiger partial charge >= 0.3 is 5.97 Å². The minimum absolute atomic E-state index is 0.203.